The van der Waals surface area contributed by atoms with Crippen molar-refractivity contribution in [1.82, 2.24) is 5.32 Å². The highest BCUT2D eigenvalue weighted by molar-refractivity contribution is 5.75. The van der Waals surface area contributed by atoms with E-state index in [9.17, 15) is 9.90 Å². The summed E-state index contributed by atoms with van der Waals surface area (Å²) < 4.78 is 0. The van der Waals surface area contributed by atoms with Gasteiger partial charge in [0.15, 0.2) is 0 Å². The third-order valence-corrected chi connectivity index (χ3v) is 7.05. The molecule has 3 nitrogen and oxygen atoms in total. The maximum Gasteiger partial charge on any atom is 0.217 e. The highest BCUT2D eigenvalue weighted by Crippen LogP contribution is 2.69. The lowest BCUT2D eigenvalue weighted by Crippen LogP contribution is -2.63. The van der Waals surface area contributed by atoms with Crippen LogP contribution in [0.5, 0.6) is 5.75 Å². The highest BCUT2D eigenvalue weighted by atomic mass is 16.3. The lowest BCUT2D eigenvalue weighted by atomic mass is 9.58. The van der Waals surface area contributed by atoms with E-state index in [-0.39, 0.29) is 22.3 Å². The van der Waals surface area contributed by atoms with Gasteiger partial charge in [0.1, 0.15) is 5.75 Å². The molecule has 3 heteroatoms. The fourth-order valence-corrected chi connectivity index (χ4v) is 6.10. The van der Waals surface area contributed by atoms with Gasteiger partial charge >= 0.3 is 0 Å². The Labute approximate surface area is 139 Å². The number of carbonyl (C=O) groups is 1. The molecule has 4 atom stereocenters. The molecule has 2 aliphatic rings. The summed E-state index contributed by atoms with van der Waals surface area (Å²) in [7, 11) is 0. The normalized spacial score (nSPS) is 37.7. The molecule has 4 unspecified atom stereocenters. The molecule has 1 amide bonds. The van der Waals surface area contributed by atoms with Crippen LogP contribution in [0.25, 0.3) is 0 Å². The summed E-state index contributed by atoms with van der Waals surface area (Å²) >= 11 is 0. The number of nitrogens with one attached hydrogen (secondary N) is 1. The average molecular weight is 315 g/mol. The van der Waals surface area contributed by atoms with Gasteiger partial charge in [0, 0.05) is 12.3 Å². The molecule has 1 fully saturated rings. The lowest BCUT2D eigenvalue weighted by Gasteiger charge is -2.52. The van der Waals surface area contributed by atoms with Crippen LogP contribution in [0.1, 0.15) is 70.6 Å². The number of aromatic hydroxyl groups is 1. The monoisotopic (exact) mass is 315 g/mol. The molecular weight excluding hydrogens is 286 g/mol. The first-order chi connectivity index (χ1) is 10.6. The average Bonchev–Trinajstić information content (AvgIpc) is 2.79. The van der Waals surface area contributed by atoms with Gasteiger partial charge in [-0.15, -0.1) is 0 Å². The zero-order chi connectivity index (χ0) is 17.2. The van der Waals surface area contributed by atoms with Crippen molar-refractivity contribution in [3.8, 4) is 5.75 Å². The SMILES string of the molecule is CCCC1(NC(C)=O)C(C)C2(C)CC1(C)c1c2ccc(O)c1C. The van der Waals surface area contributed by atoms with E-state index in [1.807, 2.05) is 13.0 Å². The van der Waals surface area contributed by atoms with Crippen molar-refractivity contribution in [1.29, 1.82) is 0 Å². The second kappa shape index (κ2) is 4.75. The van der Waals surface area contributed by atoms with Crippen molar-refractivity contribution in [3.05, 3.63) is 28.8 Å². The van der Waals surface area contributed by atoms with Crippen molar-refractivity contribution >= 4 is 5.91 Å². The molecule has 1 aromatic carbocycles. The molecule has 1 aromatic rings. The molecule has 3 rings (SSSR count). The topological polar surface area (TPSA) is 49.3 Å². The molecule has 0 heterocycles. The Morgan fingerprint density at radius 3 is 2.61 bits per heavy atom. The second-order valence-corrected chi connectivity index (χ2v) is 8.18. The van der Waals surface area contributed by atoms with Crippen molar-refractivity contribution < 1.29 is 9.90 Å². The van der Waals surface area contributed by atoms with E-state index in [0.29, 0.717) is 11.7 Å². The van der Waals surface area contributed by atoms with E-state index in [4.69, 9.17) is 0 Å². The summed E-state index contributed by atoms with van der Waals surface area (Å²) in [5, 5.41) is 13.6. The van der Waals surface area contributed by atoms with Crippen molar-refractivity contribution in [2.45, 2.75) is 77.2 Å². The van der Waals surface area contributed by atoms with E-state index >= 15 is 0 Å². The molecule has 0 aromatic heterocycles. The molecule has 0 aliphatic heterocycles. The Morgan fingerprint density at radius 2 is 2.04 bits per heavy atom. The standard InChI is InChI=1S/C20H29NO2/c1-7-10-20(21-14(4)22)13(3)18(5)11-19(20,6)17-12(2)16(23)9-8-15(17)18/h8-9,13,23H,7,10-11H2,1-6H3,(H,21,22). The van der Waals surface area contributed by atoms with Gasteiger partial charge in [-0.25, -0.2) is 0 Å². The summed E-state index contributed by atoms with van der Waals surface area (Å²) in [4.78, 5) is 12.1. The van der Waals surface area contributed by atoms with Crippen LogP contribution in [0.2, 0.25) is 0 Å². The van der Waals surface area contributed by atoms with Crippen molar-refractivity contribution in [3.63, 3.8) is 0 Å². The molecule has 0 radical (unpaired) electrons. The number of rotatable bonds is 3. The molecule has 0 saturated heterocycles. The first-order valence-electron chi connectivity index (χ1n) is 8.76. The van der Waals surface area contributed by atoms with Crippen LogP contribution in [0.3, 0.4) is 0 Å². The van der Waals surface area contributed by atoms with E-state index in [2.05, 4.69) is 39.1 Å². The minimum Gasteiger partial charge on any atom is -0.508 e. The Bertz CT molecular complexity index is 682. The van der Waals surface area contributed by atoms with Gasteiger partial charge in [-0.1, -0.05) is 40.2 Å². The minimum absolute atomic E-state index is 0.0418. The molecular formula is C20H29NO2. The Kier molecular flexibility index (Phi) is 3.38. The third-order valence-electron chi connectivity index (χ3n) is 7.05. The number of phenolic OH excluding ortho intramolecular Hbond substituents is 1. The van der Waals surface area contributed by atoms with Gasteiger partial charge < -0.3 is 10.4 Å². The van der Waals surface area contributed by atoms with Crippen LogP contribution in [0.4, 0.5) is 0 Å². The number of fused-ring (bicyclic) bond motifs is 5. The predicted octanol–water partition coefficient (Wildman–Crippen LogP) is 3.94. The molecule has 126 valence electrons. The van der Waals surface area contributed by atoms with Gasteiger partial charge in [0.25, 0.3) is 0 Å². The maximum absolute atomic E-state index is 12.1. The highest BCUT2D eigenvalue weighted by Gasteiger charge is 2.70. The smallest absolute Gasteiger partial charge is 0.217 e. The van der Waals surface area contributed by atoms with E-state index in [1.165, 1.54) is 11.1 Å². The summed E-state index contributed by atoms with van der Waals surface area (Å²) in [5.41, 5.74) is 3.27. The number of hydrogen-bond donors (Lipinski definition) is 2. The first-order valence-corrected chi connectivity index (χ1v) is 8.76. The number of amides is 1. The Morgan fingerprint density at radius 1 is 1.39 bits per heavy atom. The lowest BCUT2D eigenvalue weighted by molar-refractivity contribution is -0.122. The number of carbonyl (C=O) groups excluding carboxylic acids is 1. The molecule has 2 N–H and O–H groups in total. The summed E-state index contributed by atoms with van der Waals surface area (Å²) in [6, 6.07) is 3.93. The molecule has 2 bridgehead atoms. The summed E-state index contributed by atoms with van der Waals surface area (Å²) in [6.07, 6.45) is 3.03. The Balaban J connectivity index is 2.31. The van der Waals surface area contributed by atoms with Crippen LogP contribution in [-0.4, -0.2) is 16.6 Å². The zero-order valence-electron chi connectivity index (χ0n) is 15.2. The van der Waals surface area contributed by atoms with Crippen molar-refractivity contribution in [2.75, 3.05) is 0 Å². The van der Waals surface area contributed by atoms with Gasteiger partial charge in [0.05, 0.1) is 5.54 Å². The van der Waals surface area contributed by atoms with Crippen LogP contribution >= 0.6 is 0 Å². The first kappa shape index (κ1) is 16.4. The van der Waals surface area contributed by atoms with Crippen LogP contribution in [-0.2, 0) is 15.6 Å². The van der Waals surface area contributed by atoms with Crippen molar-refractivity contribution in [2.24, 2.45) is 5.92 Å². The quantitative estimate of drug-likeness (QED) is 0.887. The van der Waals surface area contributed by atoms with Gasteiger partial charge in [-0.2, -0.15) is 0 Å². The van der Waals surface area contributed by atoms with E-state index in [0.717, 1.165) is 24.8 Å². The molecule has 2 aliphatic carbocycles. The van der Waals surface area contributed by atoms with Gasteiger partial charge in [0.2, 0.25) is 5.91 Å². The number of hydrogen-bond acceptors (Lipinski definition) is 2. The number of benzene rings is 1. The predicted molar refractivity (Wildman–Crippen MR) is 92.8 cm³/mol. The second-order valence-electron chi connectivity index (χ2n) is 8.18. The molecule has 23 heavy (non-hydrogen) atoms. The fourth-order valence-electron chi connectivity index (χ4n) is 6.10. The van der Waals surface area contributed by atoms with E-state index in [1.54, 1.807) is 6.92 Å². The van der Waals surface area contributed by atoms with Gasteiger partial charge in [-0.3, -0.25) is 4.79 Å². The molecule has 0 spiro atoms. The number of phenols is 1. The minimum atomic E-state index is -0.242. The zero-order valence-corrected chi connectivity index (χ0v) is 15.2. The third kappa shape index (κ3) is 1.74. The van der Waals surface area contributed by atoms with Crippen LogP contribution < -0.4 is 5.32 Å². The van der Waals surface area contributed by atoms with Gasteiger partial charge in [-0.05, 0) is 53.9 Å². The summed E-state index contributed by atoms with van der Waals surface area (Å²) in [5.74, 6) is 0.768. The fraction of sp³-hybridized carbons (Fsp3) is 0.650. The summed E-state index contributed by atoms with van der Waals surface area (Å²) in [6.45, 7) is 12.7. The van der Waals surface area contributed by atoms with Crippen LogP contribution in [0, 0.1) is 12.8 Å². The molecule has 1 saturated carbocycles. The maximum atomic E-state index is 12.1. The van der Waals surface area contributed by atoms with E-state index < -0.39 is 0 Å². The largest absolute Gasteiger partial charge is 0.508 e. The Hall–Kier alpha value is -1.51. The van der Waals surface area contributed by atoms with Crippen LogP contribution in [0.15, 0.2) is 12.1 Å².